The molecule has 0 aliphatic carbocycles. The van der Waals surface area contributed by atoms with Gasteiger partial charge in [0, 0.05) is 37.6 Å². The maximum atomic E-state index is 12.9. The SMILES string of the molecule is O=C1N[C@@H](Cc2ccc(O)cc2)C(=O)N2CCN(Cc3ccccc3Cl)C[C@H]12. The third kappa shape index (κ3) is 3.84. The summed E-state index contributed by atoms with van der Waals surface area (Å²) in [4.78, 5) is 29.5. The molecule has 7 heteroatoms. The fourth-order valence-electron chi connectivity index (χ4n) is 3.87. The number of phenolic OH excluding ortho intramolecular Hbond substituents is 1. The molecule has 0 radical (unpaired) electrons. The number of hydrogen-bond donors (Lipinski definition) is 2. The van der Waals surface area contributed by atoms with Gasteiger partial charge in [-0.3, -0.25) is 14.5 Å². The first-order valence-electron chi connectivity index (χ1n) is 9.36. The smallest absolute Gasteiger partial charge is 0.246 e. The topological polar surface area (TPSA) is 72.9 Å². The molecule has 2 atom stereocenters. The minimum atomic E-state index is -0.566. The van der Waals surface area contributed by atoms with Gasteiger partial charge in [-0.15, -0.1) is 0 Å². The number of nitrogens with zero attached hydrogens (tertiary/aromatic N) is 2. The lowest BCUT2D eigenvalue weighted by Gasteiger charge is -2.45. The van der Waals surface area contributed by atoms with E-state index in [1.807, 2.05) is 24.3 Å². The van der Waals surface area contributed by atoms with E-state index in [0.29, 0.717) is 37.6 Å². The Hall–Kier alpha value is -2.57. The van der Waals surface area contributed by atoms with E-state index in [0.717, 1.165) is 11.1 Å². The molecular formula is C21H22ClN3O3. The number of halogens is 1. The van der Waals surface area contributed by atoms with Crippen LogP contribution in [0.3, 0.4) is 0 Å². The van der Waals surface area contributed by atoms with Crippen molar-refractivity contribution >= 4 is 23.4 Å². The standard InChI is InChI=1S/C21H22ClN3O3/c22-17-4-2-1-3-15(17)12-24-9-10-25-19(13-24)20(27)23-18(21(25)28)11-14-5-7-16(26)8-6-14/h1-8,18-19,26H,9-13H2,(H,23,27)/t18-,19+/m0/s1. The van der Waals surface area contributed by atoms with E-state index in [4.69, 9.17) is 11.6 Å². The second kappa shape index (κ2) is 7.81. The van der Waals surface area contributed by atoms with Gasteiger partial charge in [0.1, 0.15) is 17.8 Å². The molecule has 0 spiro atoms. The average molecular weight is 400 g/mol. The molecule has 2 amide bonds. The Morgan fingerprint density at radius 2 is 1.82 bits per heavy atom. The van der Waals surface area contributed by atoms with Gasteiger partial charge in [-0.25, -0.2) is 0 Å². The summed E-state index contributed by atoms with van der Waals surface area (Å²) < 4.78 is 0. The monoisotopic (exact) mass is 399 g/mol. The van der Waals surface area contributed by atoms with E-state index >= 15 is 0 Å². The second-order valence-electron chi connectivity index (χ2n) is 7.31. The van der Waals surface area contributed by atoms with Gasteiger partial charge in [0.05, 0.1) is 0 Å². The summed E-state index contributed by atoms with van der Waals surface area (Å²) in [5.41, 5.74) is 1.91. The van der Waals surface area contributed by atoms with Crippen molar-refractivity contribution in [1.29, 1.82) is 0 Å². The summed E-state index contributed by atoms with van der Waals surface area (Å²) >= 11 is 6.25. The van der Waals surface area contributed by atoms with Crippen molar-refractivity contribution in [2.24, 2.45) is 0 Å². The summed E-state index contributed by atoms with van der Waals surface area (Å²) in [5.74, 6) is 0.0137. The Kier molecular flexibility index (Phi) is 5.24. The number of amides is 2. The van der Waals surface area contributed by atoms with E-state index in [1.165, 1.54) is 0 Å². The lowest BCUT2D eigenvalue weighted by Crippen LogP contribution is -2.69. The lowest BCUT2D eigenvalue weighted by atomic mass is 9.98. The Labute approximate surface area is 168 Å². The van der Waals surface area contributed by atoms with Gasteiger partial charge >= 0.3 is 0 Å². The highest BCUT2D eigenvalue weighted by Crippen LogP contribution is 2.22. The van der Waals surface area contributed by atoms with E-state index in [-0.39, 0.29) is 17.6 Å². The molecule has 2 aliphatic rings. The first kappa shape index (κ1) is 18.8. The Bertz CT molecular complexity index is 887. The van der Waals surface area contributed by atoms with Crippen LogP contribution in [-0.4, -0.2) is 58.4 Å². The van der Waals surface area contributed by atoms with Crippen LogP contribution in [0.1, 0.15) is 11.1 Å². The van der Waals surface area contributed by atoms with E-state index in [9.17, 15) is 14.7 Å². The van der Waals surface area contributed by atoms with Crippen molar-refractivity contribution in [2.45, 2.75) is 25.0 Å². The summed E-state index contributed by atoms with van der Waals surface area (Å²) in [6.45, 7) is 2.37. The molecule has 4 rings (SSSR count). The zero-order valence-electron chi connectivity index (χ0n) is 15.3. The van der Waals surface area contributed by atoms with Gasteiger partial charge < -0.3 is 15.3 Å². The average Bonchev–Trinajstić information content (AvgIpc) is 2.69. The molecule has 2 aromatic rings. The van der Waals surface area contributed by atoms with Crippen LogP contribution in [0.4, 0.5) is 0 Å². The highest BCUT2D eigenvalue weighted by Gasteiger charge is 2.43. The molecule has 146 valence electrons. The van der Waals surface area contributed by atoms with Crippen LogP contribution in [0, 0.1) is 0 Å². The number of carbonyl (C=O) groups excluding carboxylic acids is 2. The maximum absolute atomic E-state index is 12.9. The van der Waals surface area contributed by atoms with Gasteiger partial charge in [-0.05, 0) is 29.3 Å². The normalized spacial score (nSPS) is 22.7. The Morgan fingerprint density at radius 3 is 2.57 bits per heavy atom. The van der Waals surface area contributed by atoms with Crippen LogP contribution in [0.5, 0.6) is 5.75 Å². The predicted octanol–water partition coefficient (Wildman–Crippen LogP) is 1.80. The van der Waals surface area contributed by atoms with Gasteiger partial charge in [0.25, 0.3) is 0 Å². The largest absolute Gasteiger partial charge is 0.508 e. The molecule has 2 fully saturated rings. The number of carbonyl (C=O) groups is 2. The second-order valence-corrected chi connectivity index (χ2v) is 7.71. The molecule has 28 heavy (non-hydrogen) atoms. The van der Waals surface area contributed by atoms with Crippen molar-refractivity contribution in [3.8, 4) is 5.75 Å². The minimum Gasteiger partial charge on any atom is -0.508 e. The molecule has 0 unspecified atom stereocenters. The predicted molar refractivity (Wildman–Crippen MR) is 106 cm³/mol. The third-order valence-corrected chi connectivity index (χ3v) is 5.76. The molecule has 2 heterocycles. The first-order valence-corrected chi connectivity index (χ1v) is 9.73. The van der Waals surface area contributed by atoms with E-state index in [2.05, 4.69) is 10.2 Å². The molecule has 0 saturated carbocycles. The Balaban J connectivity index is 1.42. The molecule has 2 N–H and O–H groups in total. The number of piperazine rings is 2. The van der Waals surface area contributed by atoms with Crippen LogP contribution in [-0.2, 0) is 22.6 Å². The molecule has 0 bridgehead atoms. The number of fused-ring (bicyclic) bond motifs is 1. The fourth-order valence-corrected chi connectivity index (χ4v) is 4.07. The molecule has 6 nitrogen and oxygen atoms in total. The minimum absolute atomic E-state index is 0.0462. The highest BCUT2D eigenvalue weighted by atomic mass is 35.5. The summed E-state index contributed by atoms with van der Waals surface area (Å²) in [6, 6.07) is 13.3. The number of phenols is 1. The van der Waals surface area contributed by atoms with Gasteiger partial charge in [-0.1, -0.05) is 41.9 Å². The number of nitrogens with one attached hydrogen (secondary N) is 1. The van der Waals surface area contributed by atoms with Gasteiger partial charge in [0.15, 0.2) is 0 Å². The summed E-state index contributed by atoms with van der Waals surface area (Å²) in [6.07, 6.45) is 0.414. The summed E-state index contributed by atoms with van der Waals surface area (Å²) in [5, 5.41) is 13.0. The zero-order chi connectivity index (χ0) is 19.7. The van der Waals surface area contributed by atoms with Gasteiger partial charge in [-0.2, -0.15) is 0 Å². The zero-order valence-corrected chi connectivity index (χ0v) is 16.1. The molecule has 0 aromatic heterocycles. The van der Waals surface area contributed by atoms with Crippen LogP contribution in [0.15, 0.2) is 48.5 Å². The van der Waals surface area contributed by atoms with Crippen molar-refractivity contribution in [3.05, 3.63) is 64.7 Å². The van der Waals surface area contributed by atoms with Crippen molar-refractivity contribution < 1.29 is 14.7 Å². The van der Waals surface area contributed by atoms with Crippen LogP contribution >= 0.6 is 11.6 Å². The summed E-state index contributed by atoms with van der Waals surface area (Å²) in [7, 11) is 0. The molecular weight excluding hydrogens is 378 g/mol. The van der Waals surface area contributed by atoms with Crippen molar-refractivity contribution in [3.63, 3.8) is 0 Å². The lowest BCUT2D eigenvalue weighted by molar-refractivity contribution is -0.153. The molecule has 2 aromatic carbocycles. The number of hydrogen-bond acceptors (Lipinski definition) is 4. The van der Waals surface area contributed by atoms with Crippen LogP contribution in [0.2, 0.25) is 5.02 Å². The molecule has 2 saturated heterocycles. The number of benzene rings is 2. The quantitative estimate of drug-likeness (QED) is 0.822. The van der Waals surface area contributed by atoms with Gasteiger partial charge in [0.2, 0.25) is 11.8 Å². The van der Waals surface area contributed by atoms with E-state index in [1.54, 1.807) is 29.2 Å². The maximum Gasteiger partial charge on any atom is 0.246 e. The van der Waals surface area contributed by atoms with Crippen LogP contribution in [0.25, 0.3) is 0 Å². The van der Waals surface area contributed by atoms with E-state index < -0.39 is 12.1 Å². The first-order chi connectivity index (χ1) is 13.5. The van der Waals surface area contributed by atoms with Crippen molar-refractivity contribution in [1.82, 2.24) is 15.1 Å². The van der Waals surface area contributed by atoms with Crippen LogP contribution < -0.4 is 5.32 Å². The third-order valence-electron chi connectivity index (χ3n) is 5.39. The number of aromatic hydroxyl groups is 1. The fraction of sp³-hybridized carbons (Fsp3) is 0.333. The van der Waals surface area contributed by atoms with Crippen molar-refractivity contribution in [2.75, 3.05) is 19.6 Å². The molecule has 2 aliphatic heterocycles. The highest BCUT2D eigenvalue weighted by molar-refractivity contribution is 6.31. The number of rotatable bonds is 4. The Morgan fingerprint density at radius 1 is 1.07 bits per heavy atom.